The molecular formula is C18H21N3O5S2. The monoisotopic (exact) mass is 423 g/mol. The number of carbonyl (C=O) groups excluding carboxylic acids is 3. The summed E-state index contributed by atoms with van der Waals surface area (Å²) in [5.41, 5.74) is 4.45. The van der Waals surface area contributed by atoms with Crippen molar-refractivity contribution in [2.45, 2.75) is 49.6 Å². The van der Waals surface area contributed by atoms with E-state index in [0.717, 1.165) is 17.5 Å². The zero-order valence-corrected chi connectivity index (χ0v) is 17.2. The van der Waals surface area contributed by atoms with Gasteiger partial charge in [0.15, 0.2) is 10.1 Å². The molecule has 0 saturated heterocycles. The van der Waals surface area contributed by atoms with Gasteiger partial charge in [-0.1, -0.05) is 42.5 Å². The van der Waals surface area contributed by atoms with E-state index < -0.39 is 5.97 Å². The largest absolute Gasteiger partial charge is 0.507 e. The van der Waals surface area contributed by atoms with Gasteiger partial charge >= 0.3 is 5.97 Å². The van der Waals surface area contributed by atoms with E-state index in [4.69, 9.17) is 4.84 Å². The number of hydrogen-bond acceptors (Lipinski definition) is 10. The Bertz CT molecular complexity index is 854. The van der Waals surface area contributed by atoms with Gasteiger partial charge in [-0.2, -0.15) is 5.48 Å². The summed E-state index contributed by atoms with van der Waals surface area (Å²) in [6.07, 6.45) is 2.26. The fraction of sp³-hybridized carbons (Fsp3) is 0.389. The molecule has 2 rings (SSSR count). The first-order valence-electron chi connectivity index (χ1n) is 8.66. The Morgan fingerprint density at radius 1 is 1.36 bits per heavy atom. The lowest BCUT2D eigenvalue weighted by Gasteiger charge is -2.12. The number of Topliss-reactive ketones (excluding diaryl/α,β-unsaturated/α-hetero) is 1. The van der Waals surface area contributed by atoms with Gasteiger partial charge in [0.2, 0.25) is 5.13 Å². The first-order valence-corrected chi connectivity index (χ1v) is 10.5. The summed E-state index contributed by atoms with van der Waals surface area (Å²) in [4.78, 5) is 38.0. The molecule has 0 aliphatic carbocycles. The Kier molecular flexibility index (Phi) is 8.40. The predicted octanol–water partition coefficient (Wildman–Crippen LogP) is 3.54. The normalized spacial score (nSPS) is 10.5. The van der Waals surface area contributed by atoms with Gasteiger partial charge in [-0.15, -0.1) is 10.2 Å². The summed E-state index contributed by atoms with van der Waals surface area (Å²) in [5, 5.41) is 18.7. The van der Waals surface area contributed by atoms with Crippen molar-refractivity contribution in [2.75, 3.05) is 5.48 Å². The zero-order valence-electron chi connectivity index (χ0n) is 15.6. The number of thioether (sulfide) groups is 1. The first-order chi connectivity index (χ1) is 13.5. The van der Waals surface area contributed by atoms with E-state index in [2.05, 4.69) is 15.7 Å². The van der Waals surface area contributed by atoms with E-state index in [1.165, 1.54) is 30.0 Å². The molecule has 0 bridgehead atoms. The van der Waals surface area contributed by atoms with Crippen LogP contribution in [0.4, 0.5) is 5.13 Å². The van der Waals surface area contributed by atoms with Gasteiger partial charge in [0.05, 0.1) is 12.0 Å². The number of benzene rings is 1. The lowest BCUT2D eigenvalue weighted by molar-refractivity contribution is -0.141. The van der Waals surface area contributed by atoms with Crippen LogP contribution in [-0.2, 0) is 26.6 Å². The third-order valence-electron chi connectivity index (χ3n) is 3.74. The highest BCUT2D eigenvalue weighted by Crippen LogP contribution is 2.34. The molecule has 0 amide bonds. The highest BCUT2D eigenvalue weighted by molar-refractivity contribution is 8.00. The average molecular weight is 424 g/mol. The summed E-state index contributed by atoms with van der Waals surface area (Å²) >= 11 is 2.64. The Balaban J connectivity index is 2.00. The number of nitrogens with zero attached hydrogens (tertiary/aromatic N) is 2. The maximum atomic E-state index is 11.6. The van der Waals surface area contributed by atoms with Gasteiger partial charge in [0.25, 0.3) is 0 Å². The number of hydrogen-bond donors (Lipinski definition) is 2. The van der Waals surface area contributed by atoms with Gasteiger partial charge in [-0.3, -0.25) is 4.79 Å². The molecule has 2 N–H and O–H groups in total. The lowest BCUT2D eigenvalue weighted by atomic mass is 9.98. The number of nitrogens with one attached hydrogen (secondary N) is 1. The van der Waals surface area contributed by atoms with Crippen LogP contribution in [0.25, 0.3) is 0 Å². The summed E-state index contributed by atoms with van der Waals surface area (Å²) in [6.45, 7) is 3.44. The summed E-state index contributed by atoms with van der Waals surface area (Å²) in [6, 6.07) is 3.49. The molecule has 1 heterocycles. The van der Waals surface area contributed by atoms with Crippen molar-refractivity contribution in [2.24, 2.45) is 0 Å². The molecule has 2 aromatic rings. The van der Waals surface area contributed by atoms with E-state index in [0.29, 0.717) is 33.5 Å². The molecule has 28 heavy (non-hydrogen) atoms. The van der Waals surface area contributed by atoms with Crippen molar-refractivity contribution in [1.82, 2.24) is 10.2 Å². The molecule has 150 valence electrons. The number of phenols is 1. The van der Waals surface area contributed by atoms with Crippen molar-refractivity contribution in [3.05, 3.63) is 28.8 Å². The second-order valence-electron chi connectivity index (χ2n) is 5.85. The molecule has 1 aromatic heterocycles. The highest BCUT2D eigenvalue weighted by Gasteiger charge is 2.16. The standard InChI is InChI=1S/C18H21N3O5S2/c1-3-5-14-12(7-8-13(11(2)23)16(14)25)10-27-18-20-19-17(28-18)21-26-15(24)6-4-9-22/h7-9,25H,3-6,10H2,1-2H3,(H,19,21). The van der Waals surface area contributed by atoms with Crippen LogP contribution in [0.2, 0.25) is 0 Å². The minimum Gasteiger partial charge on any atom is -0.507 e. The quantitative estimate of drug-likeness (QED) is 0.242. The van der Waals surface area contributed by atoms with Crippen LogP contribution in [0.1, 0.15) is 54.6 Å². The van der Waals surface area contributed by atoms with Crippen LogP contribution >= 0.6 is 23.1 Å². The third kappa shape index (κ3) is 6.03. The van der Waals surface area contributed by atoms with Crippen LogP contribution in [0.5, 0.6) is 5.75 Å². The number of anilines is 1. The van der Waals surface area contributed by atoms with Crippen LogP contribution in [-0.4, -0.2) is 33.3 Å². The van der Waals surface area contributed by atoms with E-state index in [-0.39, 0.29) is 24.4 Å². The number of carbonyl (C=O) groups is 3. The molecule has 0 atom stereocenters. The molecule has 0 aliphatic rings. The van der Waals surface area contributed by atoms with E-state index >= 15 is 0 Å². The van der Waals surface area contributed by atoms with Gasteiger partial charge in [0.1, 0.15) is 12.0 Å². The number of aldehydes is 1. The number of aromatic nitrogens is 2. The van der Waals surface area contributed by atoms with Crippen molar-refractivity contribution in [1.29, 1.82) is 0 Å². The smallest absolute Gasteiger partial charge is 0.332 e. The highest BCUT2D eigenvalue weighted by atomic mass is 32.2. The number of aromatic hydroxyl groups is 1. The Labute approximate surface area is 170 Å². The predicted molar refractivity (Wildman–Crippen MR) is 107 cm³/mol. The zero-order chi connectivity index (χ0) is 20.5. The van der Waals surface area contributed by atoms with Crippen molar-refractivity contribution in [3.63, 3.8) is 0 Å². The van der Waals surface area contributed by atoms with Crippen LogP contribution < -0.4 is 5.48 Å². The first kappa shape index (κ1) is 21.8. The van der Waals surface area contributed by atoms with Crippen LogP contribution in [0, 0.1) is 0 Å². The van der Waals surface area contributed by atoms with Crippen molar-refractivity contribution < 1.29 is 24.3 Å². The molecule has 0 aliphatic heterocycles. The minimum atomic E-state index is -0.554. The number of rotatable bonds is 11. The SMILES string of the molecule is CCCc1c(CSc2nnc(NOC(=O)CCC=O)s2)ccc(C(C)=O)c1O. The van der Waals surface area contributed by atoms with Crippen molar-refractivity contribution in [3.8, 4) is 5.75 Å². The van der Waals surface area contributed by atoms with Gasteiger partial charge in [-0.25, -0.2) is 4.79 Å². The minimum absolute atomic E-state index is 0.00311. The molecule has 0 spiro atoms. The van der Waals surface area contributed by atoms with E-state index in [1.807, 2.05) is 13.0 Å². The fourth-order valence-electron chi connectivity index (χ4n) is 2.40. The maximum absolute atomic E-state index is 11.6. The Morgan fingerprint density at radius 3 is 2.82 bits per heavy atom. The Hall–Kier alpha value is -2.46. The van der Waals surface area contributed by atoms with Gasteiger partial charge < -0.3 is 14.7 Å². The number of ketones is 1. The molecule has 8 nitrogen and oxygen atoms in total. The van der Waals surface area contributed by atoms with Crippen molar-refractivity contribution >= 4 is 46.3 Å². The molecule has 10 heteroatoms. The van der Waals surface area contributed by atoms with Crippen LogP contribution in [0.15, 0.2) is 16.5 Å². The van der Waals surface area contributed by atoms with Crippen LogP contribution in [0.3, 0.4) is 0 Å². The van der Waals surface area contributed by atoms with Gasteiger partial charge in [0, 0.05) is 12.2 Å². The number of phenolic OH excluding ortho intramolecular Hbond substituents is 1. The second kappa shape index (κ2) is 10.8. The molecular weight excluding hydrogens is 402 g/mol. The fourth-order valence-corrected chi connectivity index (χ4v) is 4.11. The topological polar surface area (TPSA) is 118 Å². The molecule has 1 aromatic carbocycles. The summed E-state index contributed by atoms with van der Waals surface area (Å²) in [5.74, 6) is -0.123. The van der Waals surface area contributed by atoms with E-state index in [1.54, 1.807) is 6.07 Å². The van der Waals surface area contributed by atoms with E-state index in [9.17, 15) is 19.5 Å². The lowest BCUT2D eigenvalue weighted by Crippen LogP contribution is -2.10. The molecule has 0 fully saturated rings. The summed E-state index contributed by atoms with van der Waals surface area (Å²) < 4.78 is 0.657. The Morgan fingerprint density at radius 2 is 2.14 bits per heavy atom. The summed E-state index contributed by atoms with van der Waals surface area (Å²) in [7, 11) is 0. The van der Waals surface area contributed by atoms with Gasteiger partial charge in [-0.05, 0) is 30.5 Å². The molecule has 0 saturated carbocycles. The molecule has 0 radical (unpaired) electrons. The maximum Gasteiger partial charge on any atom is 0.332 e. The molecule has 0 unspecified atom stereocenters. The third-order valence-corrected chi connectivity index (χ3v) is 5.74. The second-order valence-corrected chi connectivity index (χ2v) is 8.05. The average Bonchev–Trinajstić information content (AvgIpc) is 3.13.